The van der Waals surface area contributed by atoms with Crippen LogP contribution in [0.15, 0.2) is 16.9 Å². The van der Waals surface area contributed by atoms with Crippen LogP contribution in [0.3, 0.4) is 0 Å². The summed E-state index contributed by atoms with van der Waals surface area (Å²) in [5.74, 6) is 0. The first-order chi connectivity index (χ1) is 6.63. The Morgan fingerprint density at radius 2 is 2.21 bits per heavy atom. The van der Waals surface area contributed by atoms with E-state index in [1.807, 2.05) is 30.7 Å². The minimum absolute atomic E-state index is 0.688. The number of hydrogen-bond donors (Lipinski definition) is 0. The van der Waals surface area contributed by atoms with Crippen LogP contribution < -0.4 is 0 Å². The molecule has 0 aliphatic rings. The van der Waals surface area contributed by atoms with Crippen molar-refractivity contribution in [3.8, 4) is 0 Å². The molecule has 1 heterocycles. The number of rotatable bonds is 0. The molecule has 0 saturated carbocycles. The summed E-state index contributed by atoms with van der Waals surface area (Å²) in [5, 5.41) is 0. The van der Waals surface area contributed by atoms with Crippen molar-refractivity contribution in [3.63, 3.8) is 0 Å². The van der Waals surface area contributed by atoms with Gasteiger partial charge >= 0.3 is 0 Å². The van der Waals surface area contributed by atoms with E-state index in [0.717, 1.165) is 21.3 Å². The van der Waals surface area contributed by atoms with Crippen molar-refractivity contribution in [2.45, 2.75) is 6.92 Å². The number of imidazole rings is 1. The van der Waals surface area contributed by atoms with Gasteiger partial charge < -0.3 is 4.57 Å². The first-order valence-electron chi connectivity index (χ1n) is 4.13. The molecule has 0 radical (unpaired) electrons. The second-order valence-electron chi connectivity index (χ2n) is 3.18. The van der Waals surface area contributed by atoms with Gasteiger partial charge in [-0.15, -0.1) is 0 Å². The highest BCUT2D eigenvalue weighted by molar-refractivity contribution is 9.10. The van der Waals surface area contributed by atoms with Crippen molar-refractivity contribution in [3.05, 3.63) is 33.8 Å². The van der Waals surface area contributed by atoms with E-state index in [2.05, 4.69) is 25.8 Å². The van der Waals surface area contributed by atoms with Crippen molar-refractivity contribution < 1.29 is 0 Å². The topological polar surface area (TPSA) is 22.2 Å². The fourth-order valence-corrected chi connectivity index (χ4v) is 1.80. The van der Waals surface area contributed by atoms with Gasteiger partial charge in [-0.2, -0.15) is 0 Å². The molecule has 0 aliphatic heterocycles. The third-order valence-electron chi connectivity index (χ3n) is 2.26. The van der Waals surface area contributed by atoms with E-state index in [0.29, 0.717) is 5.69 Å². The van der Waals surface area contributed by atoms with E-state index in [-0.39, 0.29) is 0 Å². The van der Waals surface area contributed by atoms with E-state index in [4.69, 9.17) is 6.57 Å². The summed E-state index contributed by atoms with van der Waals surface area (Å²) in [4.78, 5) is 7.79. The first kappa shape index (κ1) is 9.22. The summed E-state index contributed by atoms with van der Waals surface area (Å²) in [7, 11) is 1.92. The molecule has 3 nitrogen and oxygen atoms in total. The van der Waals surface area contributed by atoms with Crippen LogP contribution in [0, 0.1) is 13.5 Å². The quantitative estimate of drug-likeness (QED) is 0.658. The van der Waals surface area contributed by atoms with Gasteiger partial charge in [-0.05, 0) is 40.5 Å². The number of benzene rings is 1. The molecule has 0 spiro atoms. The Balaban J connectivity index is 2.88. The summed E-state index contributed by atoms with van der Waals surface area (Å²) in [5.41, 5.74) is 3.56. The van der Waals surface area contributed by atoms with Crippen LogP contribution >= 0.6 is 15.9 Å². The smallest absolute Gasteiger partial charge is 0.192 e. The Bertz CT molecular complexity index is 548. The summed E-state index contributed by atoms with van der Waals surface area (Å²) in [6, 6.07) is 3.81. The Morgan fingerprint density at radius 1 is 1.50 bits per heavy atom. The van der Waals surface area contributed by atoms with Gasteiger partial charge in [0.1, 0.15) is 0 Å². The van der Waals surface area contributed by atoms with Crippen LogP contribution in [0.25, 0.3) is 15.9 Å². The van der Waals surface area contributed by atoms with Crippen LogP contribution in [-0.4, -0.2) is 9.55 Å². The standard InChI is InChI=1S/C10H8BrN3/c1-6-4-8-9(5-7(6)12-2)14(3)10(11)13-8/h4-5H,1,3H3. The molecular formula is C10H8BrN3. The van der Waals surface area contributed by atoms with Crippen LogP contribution in [0.2, 0.25) is 0 Å². The second kappa shape index (κ2) is 3.10. The summed E-state index contributed by atoms with van der Waals surface area (Å²) < 4.78 is 2.71. The molecule has 0 saturated heterocycles. The summed E-state index contributed by atoms with van der Waals surface area (Å²) in [6.07, 6.45) is 0. The summed E-state index contributed by atoms with van der Waals surface area (Å²) >= 11 is 3.35. The molecule has 0 fully saturated rings. The van der Waals surface area contributed by atoms with Gasteiger partial charge in [-0.25, -0.2) is 9.83 Å². The zero-order chi connectivity index (χ0) is 10.3. The van der Waals surface area contributed by atoms with Gasteiger partial charge in [0, 0.05) is 7.05 Å². The number of nitrogens with zero attached hydrogens (tertiary/aromatic N) is 3. The maximum absolute atomic E-state index is 7.02. The Morgan fingerprint density at radius 3 is 2.86 bits per heavy atom. The average molecular weight is 250 g/mol. The predicted molar refractivity (Wildman–Crippen MR) is 59.4 cm³/mol. The molecule has 0 N–H and O–H groups in total. The molecule has 1 aromatic heterocycles. The average Bonchev–Trinajstić information content (AvgIpc) is 2.41. The van der Waals surface area contributed by atoms with Gasteiger partial charge in [0.05, 0.1) is 17.6 Å². The zero-order valence-corrected chi connectivity index (χ0v) is 9.46. The van der Waals surface area contributed by atoms with E-state index >= 15 is 0 Å². The molecule has 0 bridgehead atoms. The van der Waals surface area contributed by atoms with Crippen LogP contribution in [0.4, 0.5) is 5.69 Å². The molecule has 0 aliphatic carbocycles. The van der Waals surface area contributed by atoms with Gasteiger partial charge in [0.15, 0.2) is 10.4 Å². The van der Waals surface area contributed by atoms with Crippen LogP contribution in [0.1, 0.15) is 5.56 Å². The van der Waals surface area contributed by atoms with E-state index in [1.165, 1.54) is 0 Å². The van der Waals surface area contributed by atoms with Gasteiger partial charge in [-0.3, -0.25) is 0 Å². The minimum Gasteiger partial charge on any atom is -0.323 e. The lowest BCUT2D eigenvalue weighted by Gasteiger charge is -1.98. The lowest BCUT2D eigenvalue weighted by Crippen LogP contribution is -1.86. The fourth-order valence-electron chi connectivity index (χ4n) is 1.42. The van der Waals surface area contributed by atoms with Crippen molar-refractivity contribution in [2.24, 2.45) is 7.05 Å². The lowest BCUT2D eigenvalue weighted by atomic mass is 10.2. The zero-order valence-electron chi connectivity index (χ0n) is 7.87. The number of fused-ring (bicyclic) bond motifs is 1. The third-order valence-corrected chi connectivity index (χ3v) is 2.97. The Kier molecular flexibility index (Phi) is 2.05. The molecule has 0 amide bonds. The first-order valence-corrected chi connectivity index (χ1v) is 4.93. The molecule has 14 heavy (non-hydrogen) atoms. The van der Waals surface area contributed by atoms with Crippen LogP contribution in [0.5, 0.6) is 0 Å². The van der Waals surface area contributed by atoms with Gasteiger partial charge in [0.25, 0.3) is 0 Å². The van der Waals surface area contributed by atoms with E-state index in [1.54, 1.807) is 0 Å². The second-order valence-corrected chi connectivity index (χ2v) is 3.89. The van der Waals surface area contributed by atoms with Gasteiger partial charge in [0.2, 0.25) is 0 Å². The van der Waals surface area contributed by atoms with Crippen molar-refractivity contribution >= 4 is 32.7 Å². The summed E-state index contributed by atoms with van der Waals surface area (Å²) in [6.45, 7) is 8.95. The molecular weight excluding hydrogens is 242 g/mol. The predicted octanol–water partition coefficient (Wildman–Crippen LogP) is 3.20. The lowest BCUT2D eigenvalue weighted by molar-refractivity contribution is 0.912. The number of aryl methyl sites for hydroxylation is 2. The Labute approximate surface area is 90.3 Å². The largest absolute Gasteiger partial charge is 0.323 e. The maximum atomic E-state index is 7.02. The highest BCUT2D eigenvalue weighted by Gasteiger charge is 2.07. The highest BCUT2D eigenvalue weighted by Crippen LogP contribution is 2.27. The maximum Gasteiger partial charge on any atom is 0.192 e. The number of aromatic nitrogens is 2. The highest BCUT2D eigenvalue weighted by atomic mass is 79.9. The van der Waals surface area contributed by atoms with Gasteiger partial charge in [-0.1, -0.05) is 0 Å². The SMILES string of the molecule is [C-]#[N+]c1cc2c(cc1C)nc(Br)n2C. The normalized spacial score (nSPS) is 10.4. The molecule has 0 unspecified atom stereocenters. The Hall–Kier alpha value is -1.34. The molecule has 2 rings (SSSR count). The van der Waals surface area contributed by atoms with E-state index in [9.17, 15) is 0 Å². The molecule has 0 atom stereocenters. The molecule has 4 heteroatoms. The molecule has 2 aromatic rings. The van der Waals surface area contributed by atoms with E-state index < -0.39 is 0 Å². The fraction of sp³-hybridized carbons (Fsp3) is 0.200. The van der Waals surface area contributed by atoms with Crippen LogP contribution in [-0.2, 0) is 7.05 Å². The monoisotopic (exact) mass is 249 g/mol. The third kappa shape index (κ3) is 1.21. The van der Waals surface area contributed by atoms with Crippen molar-refractivity contribution in [1.29, 1.82) is 0 Å². The van der Waals surface area contributed by atoms with Crippen molar-refractivity contribution in [2.75, 3.05) is 0 Å². The number of halogens is 1. The molecule has 1 aromatic carbocycles. The van der Waals surface area contributed by atoms with Crippen molar-refractivity contribution in [1.82, 2.24) is 9.55 Å². The molecule has 70 valence electrons. The minimum atomic E-state index is 0.688. The number of hydrogen-bond acceptors (Lipinski definition) is 1.